The van der Waals surface area contributed by atoms with Gasteiger partial charge in [0.1, 0.15) is 0 Å². The van der Waals surface area contributed by atoms with Crippen molar-refractivity contribution in [1.29, 1.82) is 0 Å². The molecule has 0 heterocycles. The average Bonchev–Trinajstić information content (AvgIpc) is 2.80. The van der Waals surface area contributed by atoms with Crippen molar-refractivity contribution in [1.82, 2.24) is 5.32 Å². The van der Waals surface area contributed by atoms with Crippen LogP contribution in [-0.2, 0) is 13.0 Å². The Balaban J connectivity index is 1.82. The lowest BCUT2D eigenvalue weighted by atomic mass is 10.1. The highest BCUT2D eigenvalue weighted by molar-refractivity contribution is 5.22. The fourth-order valence-electron chi connectivity index (χ4n) is 2.28. The first-order valence-electron chi connectivity index (χ1n) is 6.19. The van der Waals surface area contributed by atoms with Crippen LogP contribution in [0.3, 0.4) is 0 Å². The second-order valence-electron chi connectivity index (χ2n) is 4.53. The van der Waals surface area contributed by atoms with Crippen LogP contribution in [0.15, 0.2) is 24.3 Å². The summed E-state index contributed by atoms with van der Waals surface area (Å²) in [5, 5.41) is 3.64. The number of hydrogen-bond donors (Lipinski definition) is 1. The summed E-state index contributed by atoms with van der Waals surface area (Å²) in [7, 11) is 0. The van der Waals surface area contributed by atoms with Crippen molar-refractivity contribution in [3.05, 3.63) is 35.4 Å². The highest BCUT2D eigenvalue weighted by Crippen LogP contribution is 2.18. The SMILES string of the molecule is CCc1ccc(CNC2CCCC2)cc1. The third-order valence-corrected chi connectivity index (χ3v) is 3.38. The molecule has 1 fully saturated rings. The van der Waals surface area contributed by atoms with Gasteiger partial charge in [-0.2, -0.15) is 0 Å². The molecule has 1 aromatic rings. The Hall–Kier alpha value is -0.820. The highest BCUT2D eigenvalue weighted by Gasteiger charge is 2.13. The standard InChI is InChI=1S/C14H21N/c1-2-12-7-9-13(10-8-12)11-15-14-5-3-4-6-14/h7-10,14-15H,2-6,11H2,1H3. The van der Waals surface area contributed by atoms with Crippen LogP contribution < -0.4 is 5.32 Å². The van der Waals surface area contributed by atoms with Gasteiger partial charge in [-0.1, -0.05) is 44.0 Å². The van der Waals surface area contributed by atoms with Crippen molar-refractivity contribution in [2.45, 2.75) is 51.6 Å². The van der Waals surface area contributed by atoms with Crippen LogP contribution >= 0.6 is 0 Å². The summed E-state index contributed by atoms with van der Waals surface area (Å²) >= 11 is 0. The molecule has 1 aromatic carbocycles. The number of benzene rings is 1. The maximum absolute atomic E-state index is 3.64. The Morgan fingerprint density at radius 2 is 1.67 bits per heavy atom. The van der Waals surface area contributed by atoms with Gasteiger partial charge in [0.2, 0.25) is 0 Å². The minimum absolute atomic E-state index is 0.774. The zero-order valence-electron chi connectivity index (χ0n) is 9.63. The molecule has 0 radical (unpaired) electrons. The van der Waals surface area contributed by atoms with Gasteiger partial charge in [0.25, 0.3) is 0 Å². The Bertz CT molecular complexity index is 283. The van der Waals surface area contributed by atoms with E-state index in [2.05, 4.69) is 36.5 Å². The average molecular weight is 203 g/mol. The molecule has 15 heavy (non-hydrogen) atoms. The first-order valence-corrected chi connectivity index (χ1v) is 6.19. The molecule has 1 aliphatic rings. The Morgan fingerprint density at radius 3 is 2.27 bits per heavy atom. The minimum atomic E-state index is 0.774. The predicted octanol–water partition coefficient (Wildman–Crippen LogP) is 3.28. The molecule has 1 aliphatic carbocycles. The number of rotatable bonds is 4. The fourth-order valence-corrected chi connectivity index (χ4v) is 2.28. The van der Waals surface area contributed by atoms with Crippen LogP contribution in [0.25, 0.3) is 0 Å². The Morgan fingerprint density at radius 1 is 1.07 bits per heavy atom. The summed E-state index contributed by atoms with van der Waals surface area (Å²) in [5.41, 5.74) is 2.85. The molecule has 1 nitrogen and oxygen atoms in total. The quantitative estimate of drug-likeness (QED) is 0.792. The van der Waals surface area contributed by atoms with Gasteiger partial charge < -0.3 is 5.32 Å². The molecule has 82 valence electrons. The maximum Gasteiger partial charge on any atom is 0.0208 e. The van der Waals surface area contributed by atoms with Crippen LogP contribution in [0.1, 0.15) is 43.7 Å². The van der Waals surface area contributed by atoms with E-state index in [1.807, 2.05) is 0 Å². The van der Waals surface area contributed by atoms with E-state index in [1.165, 1.54) is 36.8 Å². The van der Waals surface area contributed by atoms with Crippen LogP contribution in [0.5, 0.6) is 0 Å². The summed E-state index contributed by atoms with van der Waals surface area (Å²) in [6.45, 7) is 3.24. The lowest BCUT2D eigenvalue weighted by Gasteiger charge is -2.11. The van der Waals surface area contributed by atoms with Crippen LogP contribution in [0, 0.1) is 0 Å². The van der Waals surface area contributed by atoms with Gasteiger partial charge in [-0.25, -0.2) is 0 Å². The first-order chi connectivity index (χ1) is 7.38. The molecule has 0 unspecified atom stereocenters. The normalized spacial score (nSPS) is 17.1. The topological polar surface area (TPSA) is 12.0 Å². The summed E-state index contributed by atoms with van der Waals surface area (Å²) in [6.07, 6.45) is 6.69. The molecule has 0 spiro atoms. The smallest absolute Gasteiger partial charge is 0.0208 e. The highest BCUT2D eigenvalue weighted by atomic mass is 14.9. The van der Waals surface area contributed by atoms with E-state index in [1.54, 1.807) is 0 Å². The molecular weight excluding hydrogens is 182 g/mol. The lowest BCUT2D eigenvalue weighted by molar-refractivity contribution is 0.524. The van der Waals surface area contributed by atoms with Crippen molar-refractivity contribution in [3.8, 4) is 0 Å². The fraction of sp³-hybridized carbons (Fsp3) is 0.571. The minimum Gasteiger partial charge on any atom is -0.310 e. The van der Waals surface area contributed by atoms with E-state index in [9.17, 15) is 0 Å². The van der Waals surface area contributed by atoms with Gasteiger partial charge in [0.15, 0.2) is 0 Å². The van der Waals surface area contributed by atoms with Crippen molar-refractivity contribution < 1.29 is 0 Å². The molecule has 0 aromatic heterocycles. The van der Waals surface area contributed by atoms with Gasteiger partial charge in [-0.15, -0.1) is 0 Å². The van der Waals surface area contributed by atoms with Crippen molar-refractivity contribution in [2.24, 2.45) is 0 Å². The summed E-state index contributed by atoms with van der Waals surface area (Å²) in [6, 6.07) is 9.76. The largest absolute Gasteiger partial charge is 0.310 e. The second kappa shape index (κ2) is 5.32. The Labute approximate surface area is 92.9 Å². The third-order valence-electron chi connectivity index (χ3n) is 3.38. The Kier molecular flexibility index (Phi) is 3.79. The molecule has 0 amide bonds. The molecule has 0 aliphatic heterocycles. The molecule has 1 N–H and O–H groups in total. The second-order valence-corrected chi connectivity index (χ2v) is 4.53. The van der Waals surface area contributed by atoms with Crippen LogP contribution in [-0.4, -0.2) is 6.04 Å². The predicted molar refractivity (Wildman–Crippen MR) is 64.9 cm³/mol. The summed E-state index contributed by atoms with van der Waals surface area (Å²) in [5.74, 6) is 0. The van der Waals surface area contributed by atoms with Gasteiger partial charge >= 0.3 is 0 Å². The molecule has 0 saturated heterocycles. The van der Waals surface area contributed by atoms with Crippen molar-refractivity contribution in [3.63, 3.8) is 0 Å². The van der Waals surface area contributed by atoms with Gasteiger partial charge in [-0.3, -0.25) is 0 Å². The third kappa shape index (κ3) is 3.07. The first kappa shape index (κ1) is 10.7. The van der Waals surface area contributed by atoms with E-state index in [4.69, 9.17) is 0 Å². The molecule has 0 bridgehead atoms. The molecular formula is C14H21N. The summed E-state index contributed by atoms with van der Waals surface area (Å²) < 4.78 is 0. The van der Waals surface area contributed by atoms with E-state index >= 15 is 0 Å². The monoisotopic (exact) mass is 203 g/mol. The number of nitrogens with one attached hydrogen (secondary N) is 1. The zero-order valence-corrected chi connectivity index (χ0v) is 9.63. The lowest BCUT2D eigenvalue weighted by Crippen LogP contribution is -2.25. The van der Waals surface area contributed by atoms with Crippen LogP contribution in [0.4, 0.5) is 0 Å². The zero-order chi connectivity index (χ0) is 10.5. The number of aryl methyl sites for hydroxylation is 1. The molecule has 0 atom stereocenters. The molecule has 1 heteroatoms. The van der Waals surface area contributed by atoms with Crippen molar-refractivity contribution >= 4 is 0 Å². The molecule has 2 rings (SSSR count). The van der Waals surface area contributed by atoms with Gasteiger partial charge in [0, 0.05) is 12.6 Å². The van der Waals surface area contributed by atoms with E-state index in [0.717, 1.165) is 19.0 Å². The van der Waals surface area contributed by atoms with Gasteiger partial charge in [0.05, 0.1) is 0 Å². The maximum atomic E-state index is 3.64. The molecule has 1 saturated carbocycles. The van der Waals surface area contributed by atoms with E-state index < -0.39 is 0 Å². The number of hydrogen-bond acceptors (Lipinski definition) is 1. The van der Waals surface area contributed by atoms with E-state index in [0.29, 0.717) is 0 Å². The van der Waals surface area contributed by atoms with Crippen molar-refractivity contribution in [2.75, 3.05) is 0 Å². The van der Waals surface area contributed by atoms with Gasteiger partial charge in [-0.05, 0) is 30.4 Å². The van der Waals surface area contributed by atoms with E-state index in [-0.39, 0.29) is 0 Å². The van der Waals surface area contributed by atoms with Crippen LogP contribution in [0.2, 0.25) is 0 Å². The summed E-state index contributed by atoms with van der Waals surface area (Å²) in [4.78, 5) is 0.